The minimum atomic E-state index is 0.658. The SMILES string of the molecule is C=C(c1ccccc1)c1ncc2cccc(Br)c2n1. The van der Waals surface area contributed by atoms with Crippen LogP contribution in [-0.2, 0) is 0 Å². The van der Waals surface area contributed by atoms with E-state index < -0.39 is 0 Å². The van der Waals surface area contributed by atoms with Gasteiger partial charge in [-0.15, -0.1) is 0 Å². The molecule has 0 fully saturated rings. The summed E-state index contributed by atoms with van der Waals surface area (Å²) in [5.41, 5.74) is 2.77. The van der Waals surface area contributed by atoms with Crippen molar-refractivity contribution in [2.45, 2.75) is 0 Å². The number of halogens is 1. The molecule has 19 heavy (non-hydrogen) atoms. The van der Waals surface area contributed by atoms with E-state index in [1.54, 1.807) is 0 Å². The fourth-order valence-electron chi connectivity index (χ4n) is 1.93. The number of hydrogen-bond acceptors (Lipinski definition) is 2. The summed E-state index contributed by atoms with van der Waals surface area (Å²) in [7, 11) is 0. The molecule has 0 amide bonds. The molecule has 0 N–H and O–H groups in total. The van der Waals surface area contributed by atoms with E-state index in [1.165, 1.54) is 0 Å². The summed E-state index contributed by atoms with van der Waals surface area (Å²) in [6.45, 7) is 4.09. The number of hydrogen-bond donors (Lipinski definition) is 0. The lowest BCUT2D eigenvalue weighted by Gasteiger charge is -2.06. The molecule has 3 aromatic rings. The second-order valence-corrected chi connectivity index (χ2v) is 5.07. The molecule has 0 saturated heterocycles. The highest BCUT2D eigenvalue weighted by molar-refractivity contribution is 9.10. The Balaban J connectivity index is 2.11. The number of rotatable bonds is 2. The lowest BCUT2D eigenvalue weighted by atomic mass is 10.1. The molecule has 0 saturated carbocycles. The van der Waals surface area contributed by atoms with Gasteiger partial charge in [0.05, 0.1) is 5.52 Å². The lowest BCUT2D eigenvalue weighted by molar-refractivity contribution is 1.16. The van der Waals surface area contributed by atoms with Gasteiger partial charge in [-0.05, 0) is 27.6 Å². The molecule has 0 radical (unpaired) electrons. The maximum Gasteiger partial charge on any atom is 0.159 e. The number of fused-ring (bicyclic) bond motifs is 1. The standard InChI is InChI=1S/C16H11BrN2/c1-11(12-6-3-2-4-7-12)16-18-10-13-8-5-9-14(17)15(13)19-16/h2-10H,1H2. The van der Waals surface area contributed by atoms with Crippen LogP contribution in [0, 0.1) is 0 Å². The lowest BCUT2D eigenvalue weighted by Crippen LogP contribution is -1.95. The van der Waals surface area contributed by atoms with Crippen molar-refractivity contribution in [2.24, 2.45) is 0 Å². The van der Waals surface area contributed by atoms with Gasteiger partial charge in [-0.3, -0.25) is 0 Å². The number of para-hydroxylation sites is 1. The molecule has 0 unspecified atom stereocenters. The summed E-state index contributed by atoms with van der Waals surface area (Å²) in [6.07, 6.45) is 1.83. The predicted octanol–water partition coefficient (Wildman–Crippen LogP) is 4.45. The molecule has 2 nitrogen and oxygen atoms in total. The highest BCUT2D eigenvalue weighted by atomic mass is 79.9. The molecule has 0 bridgehead atoms. The molecule has 3 heteroatoms. The number of aromatic nitrogens is 2. The highest BCUT2D eigenvalue weighted by Crippen LogP contribution is 2.24. The van der Waals surface area contributed by atoms with E-state index in [4.69, 9.17) is 0 Å². The Morgan fingerprint density at radius 2 is 1.79 bits per heavy atom. The van der Waals surface area contributed by atoms with Crippen LogP contribution >= 0.6 is 15.9 Å². The normalized spacial score (nSPS) is 10.6. The van der Waals surface area contributed by atoms with Gasteiger partial charge in [0.2, 0.25) is 0 Å². The zero-order valence-electron chi connectivity index (χ0n) is 10.2. The average Bonchev–Trinajstić information content (AvgIpc) is 2.47. The van der Waals surface area contributed by atoms with Crippen LogP contribution in [0.1, 0.15) is 11.4 Å². The first-order chi connectivity index (χ1) is 9.25. The van der Waals surface area contributed by atoms with Gasteiger partial charge in [0, 0.05) is 21.6 Å². The first-order valence-electron chi connectivity index (χ1n) is 5.91. The third kappa shape index (κ3) is 2.29. The van der Waals surface area contributed by atoms with E-state index in [9.17, 15) is 0 Å². The summed E-state index contributed by atoms with van der Waals surface area (Å²) in [5.74, 6) is 0.658. The van der Waals surface area contributed by atoms with Gasteiger partial charge in [-0.1, -0.05) is 49.0 Å². The van der Waals surface area contributed by atoms with Gasteiger partial charge in [0.1, 0.15) is 0 Å². The van der Waals surface area contributed by atoms with Gasteiger partial charge in [-0.2, -0.15) is 0 Å². The molecule has 2 aromatic carbocycles. The van der Waals surface area contributed by atoms with Crippen LogP contribution in [0.4, 0.5) is 0 Å². The molecule has 92 valence electrons. The Morgan fingerprint density at radius 3 is 2.58 bits per heavy atom. The van der Waals surface area contributed by atoms with E-state index in [0.29, 0.717) is 5.82 Å². The first kappa shape index (κ1) is 12.1. The maximum absolute atomic E-state index is 4.59. The van der Waals surface area contributed by atoms with Gasteiger partial charge in [0.15, 0.2) is 5.82 Å². The molecular weight excluding hydrogens is 300 g/mol. The Hall–Kier alpha value is -2.00. The van der Waals surface area contributed by atoms with Crippen LogP contribution < -0.4 is 0 Å². The molecular formula is C16H11BrN2. The zero-order chi connectivity index (χ0) is 13.2. The number of nitrogens with zero attached hydrogens (tertiary/aromatic N) is 2. The van der Waals surface area contributed by atoms with Crippen molar-refractivity contribution in [1.82, 2.24) is 9.97 Å². The van der Waals surface area contributed by atoms with Crippen molar-refractivity contribution in [3.05, 3.63) is 77.2 Å². The molecule has 1 heterocycles. The second kappa shape index (κ2) is 4.94. The quantitative estimate of drug-likeness (QED) is 0.698. The van der Waals surface area contributed by atoms with E-state index in [0.717, 1.165) is 26.5 Å². The third-order valence-electron chi connectivity index (χ3n) is 2.95. The van der Waals surface area contributed by atoms with Crippen molar-refractivity contribution >= 4 is 32.4 Å². The average molecular weight is 311 g/mol. The summed E-state index contributed by atoms with van der Waals surface area (Å²) in [4.78, 5) is 8.99. The van der Waals surface area contributed by atoms with Crippen LogP contribution in [0.5, 0.6) is 0 Å². The van der Waals surface area contributed by atoms with E-state index in [1.807, 2.05) is 54.7 Å². The number of benzene rings is 2. The van der Waals surface area contributed by atoms with Gasteiger partial charge >= 0.3 is 0 Å². The van der Waals surface area contributed by atoms with Crippen molar-refractivity contribution < 1.29 is 0 Å². The van der Waals surface area contributed by atoms with Crippen LogP contribution in [0.3, 0.4) is 0 Å². The Labute approximate surface area is 120 Å². The predicted molar refractivity (Wildman–Crippen MR) is 81.8 cm³/mol. The molecule has 0 spiro atoms. The minimum Gasteiger partial charge on any atom is -0.236 e. The Morgan fingerprint density at radius 1 is 1.00 bits per heavy atom. The van der Waals surface area contributed by atoms with E-state index in [2.05, 4.69) is 32.5 Å². The van der Waals surface area contributed by atoms with Crippen LogP contribution in [0.25, 0.3) is 16.5 Å². The molecule has 0 atom stereocenters. The molecule has 0 aliphatic heterocycles. The van der Waals surface area contributed by atoms with Gasteiger partial charge < -0.3 is 0 Å². The van der Waals surface area contributed by atoms with Crippen LogP contribution in [0.15, 0.2) is 65.8 Å². The Kier molecular flexibility index (Phi) is 3.13. The second-order valence-electron chi connectivity index (χ2n) is 4.22. The minimum absolute atomic E-state index is 0.658. The smallest absolute Gasteiger partial charge is 0.159 e. The summed E-state index contributed by atoms with van der Waals surface area (Å²) in [6, 6.07) is 15.9. The summed E-state index contributed by atoms with van der Waals surface area (Å²) in [5, 5.41) is 1.01. The summed E-state index contributed by atoms with van der Waals surface area (Å²) >= 11 is 3.52. The molecule has 0 aliphatic carbocycles. The molecule has 3 rings (SSSR count). The van der Waals surface area contributed by atoms with Gasteiger partial charge in [0.25, 0.3) is 0 Å². The summed E-state index contributed by atoms with van der Waals surface area (Å²) < 4.78 is 0.967. The largest absolute Gasteiger partial charge is 0.236 e. The first-order valence-corrected chi connectivity index (χ1v) is 6.71. The maximum atomic E-state index is 4.59. The van der Waals surface area contributed by atoms with Crippen molar-refractivity contribution in [3.8, 4) is 0 Å². The van der Waals surface area contributed by atoms with Gasteiger partial charge in [-0.25, -0.2) is 9.97 Å². The molecule has 0 aliphatic rings. The van der Waals surface area contributed by atoms with Crippen LogP contribution in [-0.4, -0.2) is 9.97 Å². The molecule has 1 aromatic heterocycles. The Bertz CT molecular complexity index is 751. The highest BCUT2D eigenvalue weighted by Gasteiger charge is 2.07. The topological polar surface area (TPSA) is 25.8 Å². The fraction of sp³-hybridized carbons (Fsp3) is 0. The van der Waals surface area contributed by atoms with Crippen LogP contribution in [0.2, 0.25) is 0 Å². The monoisotopic (exact) mass is 310 g/mol. The van der Waals surface area contributed by atoms with E-state index in [-0.39, 0.29) is 0 Å². The van der Waals surface area contributed by atoms with E-state index >= 15 is 0 Å². The van der Waals surface area contributed by atoms with Crippen molar-refractivity contribution in [2.75, 3.05) is 0 Å². The van der Waals surface area contributed by atoms with Crippen molar-refractivity contribution in [3.63, 3.8) is 0 Å². The fourth-order valence-corrected chi connectivity index (χ4v) is 2.40. The van der Waals surface area contributed by atoms with Crippen molar-refractivity contribution in [1.29, 1.82) is 0 Å². The zero-order valence-corrected chi connectivity index (χ0v) is 11.8. The third-order valence-corrected chi connectivity index (χ3v) is 3.59.